The van der Waals surface area contributed by atoms with Crippen LogP contribution in [0.1, 0.15) is 50.6 Å². The fraction of sp³-hybridized carbons (Fsp3) is 0.417. The summed E-state index contributed by atoms with van der Waals surface area (Å²) in [5, 5.41) is 0.317. The topological polar surface area (TPSA) is 123 Å². The molecule has 7 nitrogen and oxygen atoms in total. The highest BCUT2D eigenvalue weighted by molar-refractivity contribution is 7.99. The number of fused-ring (bicyclic) bond motifs is 1. The molecule has 2 amide bonds. The zero-order valence-corrected chi connectivity index (χ0v) is 21.0. The predicted molar refractivity (Wildman–Crippen MR) is 137 cm³/mol. The van der Waals surface area contributed by atoms with Gasteiger partial charge in [-0.25, -0.2) is 14.4 Å². The van der Waals surface area contributed by atoms with E-state index in [0.29, 0.717) is 11.0 Å². The van der Waals surface area contributed by atoms with Crippen LogP contribution >= 0.6 is 11.9 Å². The van der Waals surface area contributed by atoms with Gasteiger partial charge in [0.2, 0.25) is 11.8 Å². The molecule has 1 fully saturated rings. The molecule has 0 spiro atoms. The molecular formula is C24H31F4N5O2S. The van der Waals surface area contributed by atoms with Crippen molar-refractivity contribution in [1.29, 1.82) is 0 Å². The summed E-state index contributed by atoms with van der Waals surface area (Å²) in [4.78, 5) is 27.9. The van der Waals surface area contributed by atoms with Crippen molar-refractivity contribution >= 4 is 46.6 Å². The highest BCUT2D eigenvalue weighted by Gasteiger charge is 2.33. The average Bonchev–Trinajstić information content (AvgIpc) is 2.87. The van der Waals surface area contributed by atoms with Crippen molar-refractivity contribution in [1.82, 2.24) is 4.98 Å². The number of dihydropyridines is 1. The molecule has 1 aromatic heterocycles. The van der Waals surface area contributed by atoms with Crippen LogP contribution in [0.4, 0.5) is 23.2 Å². The highest BCUT2D eigenvalue weighted by atomic mass is 32.2. The summed E-state index contributed by atoms with van der Waals surface area (Å²) in [6.45, 7) is 0. The van der Waals surface area contributed by atoms with Crippen molar-refractivity contribution in [3.8, 4) is 0 Å². The molecule has 1 aliphatic carbocycles. The molecule has 198 valence electrons. The number of aromatic nitrogens is 1. The van der Waals surface area contributed by atoms with Crippen molar-refractivity contribution in [2.24, 2.45) is 16.5 Å². The number of nitrogens with two attached hydrogens (primary N) is 2. The van der Waals surface area contributed by atoms with E-state index in [1.165, 1.54) is 63.9 Å². The number of allylic oxidation sites excluding steroid dienone is 1. The van der Waals surface area contributed by atoms with Crippen LogP contribution in [0.15, 0.2) is 40.9 Å². The van der Waals surface area contributed by atoms with E-state index in [2.05, 4.69) is 20.4 Å². The van der Waals surface area contributed by atoms with E-state index in [4.69, 9.17) is 5.73 Å². The number of rotatable bonds is 3. The maximum Gasteiger partial charge on any atom is 0.433 e. The summed E-state index contributed by atoms with van der Waals surface area (Å²) in [5.74, 6) is -1.40. The largest absolute Gasteiger partial charge is 0.433 e. The third-order valence-corrected chi connectivity index (χ3v) is 5.35. The number of nitrogens with zero attached hydrogens (tertiary/aromatic N) is 2. The molecule has 1 aromatic carbocycles. The molecular weight excluding hydrogens is 498 g/mol. The Bertz CT molecular complexity index is 1060. The summed E-state index contributed by atoms with van der Waals surface area (Å²) in [7, 11) is 1.50. The quantitative estimate of drug-likeness (QED) is 0.362. The Hall–Kier alpha value is -2.99. The van der Waals surface area contributed by atoms with E-state index in [0.717, 1.165) is 30.1 Å². The van der Waals surface area contributed by atoms with Crippen molar-refractivity contribution in [3.63, 3.8) is 0 Å². The maximum absolute atomic E-state index is 13.1. The first kappa shape index (κ1) is 31.0. The van der Waals surface area contributed by atoms with Crippen LogP contribution in [0.5, 0.6) is 0 Å². The number of aliphatic imine (C=N–C) groups is 1. The van der Waals surface area contributed by atoms with Gasteiger partial charge in [0.15, 0.2) is 0 Å². The van der Waals surface area contributed by atoms with Gasteiger partial charge in [-0.2, -0.15) is 13.2 Å². The minimum atomic E-state index is -4.53. The van der Waals surface area contributed by atoms with Crippen LogP contribution in [0.3, 0.4) is 0 Å². The Labute approximate surface area is 211 Å². The second-order valence-corrected chi connectivity index (χ2v) is 8.16. The number of primary amides is 1. The monoisotopic (exact) mass is 529 g/mol. The van der Waals surface area contributed by atoms with Gasteiger partial charge in [-0.1, -0.05) is 50.5 Å². The average molecular weight is 530 g/mol. The molecule has 0 atom stereocenters. The Balaban J connectivity index is 0.000000301. The Morgan fingerprint density at radius 2 is 1.64 bits per heavy atom. The summed E-state index contributed by atoms with van der Waals surface area (Å²) in [6.07, 6.45) is 8.90. The predicted octanol–water partition coefficient (Wildman–Crippen LogP) is 5.40. The minimum absolute atomic E-state index is 0.0336. The van der Waals surface area contributed by atoms with Crippen LogP contribution in [0.2, 0.25) is 0 Å². The lowest BCUT2D eigenvalue weighted by molar-refractivity contribution is -0.140. The van der Waals surface area contributed by atoms with Gasteiger partial charge >= 0.3 is 6.18 Å². The highest BCUT2D eigenvalue weighted by Crippen LogP contribution is 2.34. The van der Waals surface area contributed by atoms with Gasteiger partial charge in [0.05, 0.1) is 17.6 Å². The van der Waals surface area contributed by atoms with Crippen molar-refractivity contribution in [2.45, 2.75) is 51.1 Å². The zero-order chi connectivity index (χ0) is 27.1. The molecule has 36 heavy (non-hydrogen) atoms. The number of benzene rings is 1. The molecule has 2 aliphatic rings. The third kappa shape index (κ3) is 10.7. The molecule has 0 bridgehead atoms. The smallest absolute Gasteiger partial charge is 0.366 e. The van der Waals surface area contributed by atoms with Crippen molar-refractivity contribution in [2.75, 3.05) is 18.0 Å². The number of carbonyl (C=O) groups excluding carboxylic acids is 2. The number of alkyl halides is 3. The molecule has 4 rings (SSSR count). The number of halogens is 4. The SMILES string of the molecule is C1CCCCC1.CN.CSNc1cc(C(F)(F)F)nc2ccc(F)cc12.NC(=O)C1=CC=NC(=O)C1. The Kier molecular flexibility index (Phi) is 13.7. The van der Waals surface area contributed by atoms with E-state index in [9.17, 15) is 27.2 Å². The van der Waals surface area contributed by atoms with E-state index in [1.54, 1.807) is 6.26 Å². The molecule has 0 saturated heterocycles. The van der Waals surface area contributed by atoms with Gasteiger partial charge in [-0.05, 0) is 37.4 Å². The van der Waals surface area contributed by atoms with E-state index in [1.807, 2.05) is 0 Å². The molecule has 2 heterocycles. The first-order chi connectivity index (χ1) is 17.1. The number of pyridine rings is 1. The molecule has 5 N–H and O–H groups in total. The molecule has 1 aliphatic heterocycles. The first-order valence-electron chi connectivity index (χ1n) is 11.2. The third-order valence-electron chi connectivity index (χ3n) is 4.93. The van der Waals surface area contributed by atoms with Crippen LogP contribution in [-0.4, -0.2) is 36.3 Å². The van der Waals surface area contributed by atoms with Gasteiger partial charge in [-0.3, -0.25) is 9.59 Å². The summed E-state index contributed by atoms with van der Waals surface area (Å²) in [5.41, 5.74) is 9.02. The summed E-state index contributed by atoms with van der Waals surface area (Å²) in [6, 6.07) is 4.34. The van der Waals surface area contributed by atoms with Crippen LogP contribution in [0.25, 0.3) is 10.9 Å². The molecule has 2 aromatic rings. The fourth-order valence-electron chi connectivity index (χ4n) is 3.25. The number of hydrogen-bond acceptors (Lipinski definition) is 6. The Morgan fingerprint density at radius 3 is 2.08 bits per heavy atom. The van der Waals surface area contributed by atoms with E-state index >= 15 is 0 Å². The molecule has 1 saturated carbocycles. The lowest BCUT2D eigenvalue weighted by atomic mass is 10.0. The molecule has 0 unspecified atom stereocenters. The van der Waals surface area contributed by atoms with Gasteiger partial charge in [0, 0.05) is 23.4 Å². The fourth-order valence-corrected chi connectivity index (χ4v) is 3.63. The van der Waals surface area contributed by atoms with Crippen molar-refractivity contribution in [3.05, 3.63) is 47.4 Å². The van der Waals surface area contributed by atoms with Crippen molar-refractivity contribution < 1.29 is 27.2 Å². The van der Waals surface area contributed by atoms with Gasteiger partial charge in [0.1, 0.15) is 11.5 Å². The first-order valence-corrected chi connectivity index (χ1v) is 12.4. The molecule has 0 radical (unpaired) electrons. The van der Waals surface area contributed by atoms with Gasteiger partial charge in [0.25, 0.3) is 0 Å². The summed E-state index contributed by atoms with van der Waals surface area (Å²) < 4.78 is 53.7. The number of amides is 2. The number of anilines is 1. The lowest BCUT2D eigenvalue weighted by Gasteiger charge is -2.12. The van der Waals surface area contributed by atoms with E-state index in [-0.39, 0.29) is 23.5 Å². The maximum atomic E-state index is 13.1. The Morgan fingerprint density at radius 1 is 1.06 bits per heavy atom. The summed E-state index contributed by atoms with van der Waals surface area (Å²) >= 11 is 1.13. The van der Waals surface area contributed by atoms with Crippen LogP contribution < -0.4 is 16.2 Å². The van der Waals surface area contributed by atoms with Gasteiger partial charge in [-0.15, -0.1) is 0 Å². The van der Waals surface area contributed by atoms with Gasteiger partial charge < -0.3 is 16.2 Å². The van der Waals surface area contributed by atoms with Crippen LogP contribution in [0, 0.1) is 5.82 Å². The lowest BCUT2D eigenvalue weighted by Crippen LogP contribution is -2.18. The zero-order valence-electron chi connectivity index (χ0n) is 20.2. The normalized spacial score (nSPS) is 14.8. The number of carbonyl (C=O) groups is 2. The molecule has 12 heteroatoms. The number of hydrogen-bond donors (Lipinski definition) is 3. The number of nitrogens with one attached hydrogen (secondary N) is 1. The minimum Gasteiger partial charge on any atom is -0.366 e. The van der Waals surface area contributed by atoms with Crippen LogP contribution in [-0.2, 0) is 15.8 Å². The standard InChI is InChI=1S/C11H8F4N2S.C6H6N2O2.C6H12.CH5N/c1-18-17-9-5-10(11(13,14)15)16-8-3-2-6(12)4-7(8)9;7-6(10)4-1-2-8-5(9)3-4;1-2-4-6-5-3-1;1-2/h2-5H,1H3,(H,16,17);1-2H,3H2,(H2,7,10);1-6H2;2H2,1H3. The van der Waals surface area contributed by atoms with E-state index < -0.39 is 23.6 Å². The second kappa shape index (κ2) is 15.9. The second-order valence-electron chi connectivity index (χ2n) is 7.55.